The number of nitrogens with one attached hydrogen (secondary N) is 2. The molecular weight excluding hydrogens is 506 g/mol. The van der Waals surface area contributed by atoms with Gasteiger partial charge < -0.3 is 19.8 Å². The van der Waals surface area contributed by atoms with Crippen molar-refractivity contribution in [2.45, 2.75) is 71.1 Å². The molecule has 3 heterocycles. The summed E-state index contributed by atoms with van der Waals surface area (Å²) in [5, 5.41) is 21.5. The summed E-state index contributed by atoms with van der Waals surface area (Å²) in [6, 6.07) is 10.3. The van der Waals surface area contributed by atoms with Gasteiger partial charge in [-0.1, -0.05) is 27.7 Å². The van der Waals surface area contributed by atoms with Gasteiger partial charge in [-0.2, -0.15) is 10.4 Å². The quantitative estimate of drug-likeness (QED) is 0.235. The van der Waals surface area contributed by atoms with E-state index in [1.165, 1.54) is 0 Å². The molecule has 0 saturated heterocycles. The summed E-state index contributed by atoms with van der Waals surface area (Å²) in [6.45, 7) is 18.2. The van der Waals surface area contributed by atoms with E-state index in [9.17, 15) is 5.26 Å². The molecule has 1 aromatic carbocycles. The molecule has 1 aliphatic rings. The topological polar surface area (TPSA) is 110 Å². The second kappa shape index (κ2) is 11.1. The number of fused-ring (bicyclic) bond motifs is 1. The largest absolute Gasteiger partial charge is 0.416 e. The van der Waals surface area contributed by atoms with E-state index < -0.39 is 8.32 Å². The maximum Gasteiger partial charge on any atom is 0.228 e. The molecule has 3 aromatic rings. The maximum atomic E-state index is 10.0. The minimum absolute atomic E-state index is 0.125. The molecule has 0 radical (unpaired) electrons. The van der Waals surface area contributed by atoms with Crippen molar-refractivity contribution in [3.8, 4) is 17.3 Å². The van der Waals surface area contributed by atoms with Crippen molar-refractivity contribution in [1.29, 1.82) is 5.26 Å². The van der Waals surface area contributed by atoms with Crippen molar-refractivity contribution in [2.75, 3.05) is 37.5 Å². The molecule has 0 unspecified atom stereocenters. The lowest BCUT2D eigenvalue weighted by molar-refractivity contribution is 0.189. The fourth-order valence-corrected chi connectivity index (χ4v) is 5.59. The predicted octanol–water partition coefficient (Wildman–Crippen LogP) is 6.01. The molecular formula is C29H41N7O2Si. The van der Waals surface area contributed by atoms with Crippen LogP contribution in [0.25, 0.3) is 11.3 Å². The molecule has 0 spiro atoms. The second-order valence-corrected chi connectivity index (χ2v) is 17.0. The third-order valence-electron chi connectivity index (χ3n) is 7.93. The summed E-state index contributed by atoms with van der Waals surface area (Å²) >= 11 is 0. The molecule has 208 valence electrons. The Morgan fingerprint density at radius 3 is 2.72 bits per heavy atom. The van der Waals surface area contributed by atoms with Gasteiger partial charge in [-0.05, 0) is 55.2 Å². The van der Waals surface area contributed by atoms with Crippen LogP contribution >= 0.6 is 0 Å². The van der Waals surface area contributed by atoms with Crippen LogP contribution in [-0.4, -0.2) is 54.9 Å². The number of anilines is 3. The smallest absolute Gasteiger partial charge is 0.228 e. The number of nitrogens with zero attached hydrogens (tertiary/aromatic N) is 5. The maximum absolute atomic E-state index is 10.0. The Labute approximate surface area is 233 Å². The predicted molar refractivity (Wildman–Crippen MR) is 158 cm³/mol. The molecule has 1 atom stereocenters. The number of rotatable bonds is 10. The van der Waals surface area contributed by atoms with Gasteiger partial charge in [0.25, 0.3) is 0 Å². The van der Waals surface area contributed by atoms with Crippen LogP contribution in [-0.2, 0) is 21.1 Å². The molecule has 39 heavy (non-hydrogen) atoms. The summed E-state index contributed by atoms with van der Waals surface area (Å²) < 4.78 is 13.8. The SMILES string of the molecule is COCCCn1nc(C)cc1Nc1nccc(-c2cc(C#N)c3c(c2)[C@](C)(CO[Si](C)(C)C(C)(C)C)CN3)n1. The first-order chi connectivity index (χ1) is 18.4. The van der Waals surface area contributed by atoms with Crippen LogP contribution in [0.2, 0.25) is 18.1 Å². The Morgan fingerprint density at radius 2 is 2.03 bits per heavy atom. The van der Waals surface area contributed by atoms with Gasteiger partial charge in [0.15, 0.2) is 8.32 Å². The molecule has 2 aromatic heterocycles. The summed E-state index contributed by atoms with van der Waals surface area (Å²) in [7, 11) is -0.236. The normalized spacial score (nSPS) is 17.0. The lowest BCUT2D eigenvalue weighted by Gasteiger charge is -2.39. The van der Waals surface area contributed by atoms with Crippen molar-refractivity contribution in [3.05, 3.63) is 47.3 Å². The van der Waals surface area contributed by atoms with Crippen molar-refractivity contribution < 1.29 is 9.16 Å². The van der Waals surface area contributed by atoms with Crippen LogP contribution < -0.4 is 10.6 Å². The fraction of sp³-hybridized carbons (Fsp3) is 0.517. The van der Waals surface area contributed by atoms with Crippen LogP contribution in [0.3, 0.4) is 0 Å². The van der Waals surface area contributed by atoms with Crippen molar-refractivity contribution in [3.63, 3.8) is 0 Å². The first-order valence-corrected chi connectivity index (χ1v) is 16.4. The number of hydrogen-bond donors (Lipinski definition) is 2. The van der Waals surface area contributed by atoms with E-state index in [1.54, 1.807) is 13.3 Å². The van der Waals surface area contributed by atoms with Crippen LogP contribution in [0.15, 0.2) is 30.5 Å². The van der Waals surface area contributed by atoms with Crippen molar-refractivity contribution >= 4 is 25.8 Å². The zero-order valence-corrected chi connectivity index (χ0v) is 25.5. The number of ether oxygens (including phenoxy) is 1. The van der Waals surface area contributed by atoms with Gasteiger partial charge >= 0.3 is 0 Å². The van der Waals surface area contributed by atoms with Crippen LogP contribution in [0.1, 0.15) is 50.9 Å². The second-order valence-electron chi connectivity index (χ2n) is 12.2. The number of aromatic nitrogens is 4. The number of aryl methyl sites for hydroxylation is 2. The van der Waals surface area contributed by atoms with E-state index in [4.69, 9.17) is 14.1 Å². The highest BCUT2D eigenvalue weighted by molar-refractivity contribution is 6.74. The standard InChI is InChI=1S/C29H41N7O2Si/c1-20-14-25(36(35-20)12-9-13-37-6)34-27-31-11-10-24(33-27)21-15-22(17-30)26-23(16-21)29(5,18-32-26)19-38-39(7,8)28(2,3)4/h10-11,14-16,32H,9,12-13,18-19H2,1-8H3,(H,31,33,34)/t29-/m0/s1. The minimum atomic E-state index is -1.93. The fourth-order valence-electron chi connectivity index (χ4n) is 4.48. The summed E-state index contributed by atoms with van der Waals surface area (Å²) in [5.41, 5.74) is 4.87. The van der Waals surface area contributed by atoms with Gasteiger partial charge in [0.05, 0.1) is 22.6 Å². The number of methoxy groups -OCH3 is 1. The third-order valence-corrected chi connectivity index (χ3v) is 12.4. The number of benzene rings is 1. The molecule has 2 N–H and O–H groups in total. The highest BCUT2D eigenvalue weighted by atomic mass is 28.4. The molecule has 4 rings (SSSR count). The summed E-state index contributed by atoms with van der Waals surface area (Å²) in [5.74, 6) is 1.30. The Kier molecular flexibility index (Phi) is 8.16. The molecule has 9 nitrogen and oxygen atoms in total. The van der Waals surface area contributed by atoms with Crippen molar-refractivity contribution in [2.24, 2.45) is 0 Å². The molecule has 0 saturated carbocycles. The minimum Gasteiger partial charge on any atom is -0.416 e. The number of nitriles is 1. The van der Waals surface area contributed by atoms with Crippen LogP contribution in [0.4, 0.5) is 17.5 Å². The molecule has 0 bridgehead atoms. The van der Waals surface area contributed by atoms with E-state index in [2.05, 4.69) is 73.6 Å². The zero-order valence-electron chi connectivity index (χ0n) is 24.5. The highest BCUT2D eigenvalue weighted by Gasteiger charge is 2.42. The van der Waals surface area contributed by atoms with E-state index in [0.29, 0.717) is 24.7 Å². The van der Waals surface area contributed by atoms with E-state index >= 15 is 0 Å². The van der Waals surface area contributed by atoms with E-state index in [0.717, 1.165) is 53.5 Å². The third kappa shape index (κ3) is 6.16. The van der Waals surface area contributed by atoms with Gasteiger partial charge in [-0.25, -0.2) is 14.6 Å². The van der Waals surface area contributed by atoms with Gasteiger partial charge in [0.2, 0.25) is 5.95 Å². The Balaban J connectivity index is 1.63. The zero-order chi connectivity index (χ0) is 28.4. The molecule has 0 amide bonds. The summed E-state index contributed by atoms with van der Waals surface area (Å²) in [4.78, 5) is 9.26. The van der Waals surface area contributed by atoms with Gasteiger partial charge in [-0.15, -0.1) is 0 Å². The lowest BCUT2D eigenvalue weighted by atomic mass is 9.83. The lowest BCUT2D eigenvalue weighted by Crippen LogP contribution is -2.45. The first-order valence-electron chi connectivity index (χ1n) is 13.5. The van der Waals surface area contributed by atoms with E-state index in [1.807, 2.05) is 29.8 Å². The molecule has 1 aliphatic heterocycles. The number of hydrogen-bond acceptors (Lipinski definition) is 8. The first kappa shape index (κ1) is 28.7. The summed E-state index contributed by atoms with van der Waals surface area (Å²) in [6.07, 6.45) is 2.59. The van der Waals surface area contributed by atoms with E-state index in [-0.39, 0.29) is 10.5 Å². The molecule has 0 aliphatic carbocycles. The molecule has 10 heteroatoms. The van der Waals surface area contributed by atoms with Gasteiger partial charge in [0, 0.05) is 56.7 Å². The van der Waals surface area contributed by atoms with Crippen LogP contribution in [0.5, 0.6) is 0 Å². The van der Waals surface area contributed by atoms with Gasteiger partial charge in [-0.3, -0.25) is 0 Å². The Bertz CT molecular complexity index is 1370. The Morgan fingerprint density at radius 1 is 1.26 bits per heavy atom. The highest BCUT2D eigenvalue weighted by Crippen LogP contribution is 2.44. The molecule has 0 fully saturated rings. The average Bonchev–Trinajstić information content (AvgIpc) is 3.41. The monoisotopic (exact) mass is 547 g/mol. The average molecular weight is 548 g/mol. The van der Waals surface area contributed by atoms with Gasteiger partial charge in [0.1, 0.15) is 11.9 Å². The van der Waals surface area contributed by atoms with Crippen LogP contribution in [0, 0.1) is 18.3 Å². The van der Waals surface area contributed by atoms with Crippen molar-refractivity contribution in [1.82, 2.24) is 19.7 Å². The Hall–Kier alpha value is -3.26.